The van der Waals surface area contributed by atoms with E-state index in [2.05, 4.69) is 241 Å². The van der Waals surface area contributed by atoms with E-state index < -0.39 is 0 Å². The lowest BCUT2D eigenvalue weighted by atomic mass is 9.85. The fourth-order valence-corrected chi connectivity index (χ4v) is 11.2. The van der Waals surface area contributed by atoms with Crippen LogP contribution in [0.1, 0.15) is 0 Å². The van der Waals surface area contributed by atoms with Crippen LogP contribution in [0.5, 0.6) is 0 Å². The molecule has 0 amide bonds. The van der Waals surface area contributed by atoms with Gasteiger partial charge in [-0.1, -0.05) is 200 Å². The summed E-state index contributed by atoms with van der Waals surface area (Å²) in [6, 6.07) is 86.3. The molecule has 2 heteroatoms. The third-order valence-corrected chi connectivity index (χ3v) is 14.0. The summed E-state index contributed by atoms with van der Waals surface area (Å²) in [5.74, 6) is 0. The maximum Gasteiger partial charge on any atom is 0.143 e. The molecule has 0 saturated carbocycles. The zero-order valence-corrected chi connectivity index (χ0v) is 35.9. The molecule has 0 N–H and O–H groups in total. The first-order valence-electron chi connectivity index (χ1n) is 22.8. The van der Waals surface area contributed by atoms with Gasteiger partial charge in [-0.2, -0.15) is 0 Å². The van der Waals surface area contributed by atoms with Gasteiger partial charge in [0.15, 0.2) is 0 Å². The van der Waals surface area contributed by atoms with Gasteiger partial charge in [-0.3, -0.25) is 0 Å². The molecule has 0 atom stereocenters. The smallest absolute Gasteiger partial charge is 0.143 e. The SMILES string of the molecule is c1ccc(-c2c3ccccc3c(-c3cccc4c3oc3ccc(-c5c6ccccc6c(-c6ccc7c8ccccc8n(-c8ccccc8)c7c6)c6ccccc56)cc34)c3ccccc23)cc1. The van der Waals surface area contributed by atoms with Gasteiger partial charge >= 0.3 is 0 Å². The van der Waals surface area contributed by atoms with Gasteiger partial charge in [-0.25, -0.2) is 0 Å². The molecule has 66 heavy (non-hydrogen) atoms. The molecular weight excluding hydrogens is 799 g/mol. The normalized spacial score (nSPS) is 11.9. The second kappa shape index (κ2) is 14.4. The standard InChI is InChI=1S/C64H39NO/c1-3-18-40(19-4-1)60-50-27-11-13-29-52(50)63(53-30-14-12-28-51(53)60)55-32-17-31-54-56-38-41(35-37-59(56)66-64(54)55)61-46-23-7-9-25-48(46)62(49-26-10-8-24-47(49)61)42-34-36-45-44-22-15-16-33-57(44)65(58(45)39-42)43-20-5-2-6-21-43/h1-39H. The number of hydrogen-bond donors (Lipinski definition) is 0. The van der Waals surface area contributed by atoms with Gasteiger partial charge in [-0.15, -0.1) is 0 Å². The topological polar surface area (TPSA) is 18.1 Å². The number of hydrogen-bond acceptors (Lipinski definition) is 1. The van der Waals surface area contributed by atoms with Crippen molar-refractivity contribution in [3.05, 3.63) is 237 Å². The van der Waals surface area contributed by atoms with E-state index in [1.807, 2.05) is 0 Å². The van der Waals surface area contributed by atoms with E-state index in [-0.39, 0.29) is 0 Å². The first kappa shape index (κ1) is 36.7. The summed E-state index contributed by atoms with van der Waals surface area (Å²) in [6.45, 7) is 0. The highest BCUT2D eigenvalue weighted by Gasteiger charge is 2.23. The number of nitrogens with zero attached hydrogens (tertiary/aromatic N) is 1. The van der Waals surface area contributed by atoms with Gasteiger partial charge in [0.2, 0.25) is 0 Å². The minimum atomic E-state index is 0.878. The molecule has 0 radical (unpaired) electrons. The predicted octanol–water partition coefficient (Wildman–Crippen LogP) is 18.0. The second-order valence-corrected chi connectivity index (χ2v) is 17.5. The Hall–Kier alpha value is -8.72. The average molecular weight is 838 g/mol. The van der Waals surface area contributed by atoms with Gasteiger partial charge in [0, 0.05) is 38.4 Å². The maximum atomic E-state index is 6.99. The Morgan fingerprint density at radius 3 is 1.29 bits per heavy atom. The maximum absolute atomic E-state index is 6.99. The van der Waals surface area contributed by atoms with Crippen molar-refractivity contribution in [2.24, 2.45) is 0 Å². The second-order valence-electron chi connectivity index (χ2n) is 17.5. The summed E-state index contributed by atoms with van der Waals surface area (Å²) in [4.78, 5) is 0. The molecule has 0 aliphatic carbocycles. The molecule has 14 rings (SSSR count). The van der Waals surface area contributed by atoms with Crippen molar-refractivity contribution in [1.29, 1.82) is 0 Å². The Morgan fingerprint density at radius 1 is 0.258 bits per heavy atom. The number of furan rings is 1. The Kier molecular flexibility index (Phi) is 8.02. The van der Waals surface area contributed by atoms with Crippen molar-refractivity contribution >= 4 is 86.8 Å². The average Bonchev–Trinajstić information content (AvgIpc) is 3.93. The quantitative estimate of drug-likeness (QED) is 0.158. The number of aromatic nitrogens is 1. The van der Waals surface area contributed by atoms with E-state index in [9.17, 15) is 0 Å². The van der Waals surface area contributed by atoms with Gasteiger partial charge in [-0.05, 0) is 113 Å². The Balaban J connectivity index is 0.986. The first-order valence-corrected chi connectivity index (χ1v) is 22.8. The molecule has 12 aromatic carbocycles. The lowest BCUT2D eigenvalue weighted by molar-refractivity contribution is 0.670. The van der Waals surface area contributed by atoms with Crippen LogP contribution in [0.3, 0.4) is 0 Å². The summed E-state index contributed by atoms with van der Waals surface area (Å²) in [5.41, 5.74) is 14.9. The molecule has 0 fully saturated rings. The van der Waals surface area contributed by atoms with Gasteiger partial charge in [0.25, 0.3) is 0 Å². The highest BCUT2D eigenvalue weighted by atomic mass is 16.3. The Labute approximate surface area is 380 Å². The number of fused-ring (bicyclic) bond motifs is 10. The van der Waals surface area contributed by atoms with Crippen molar-refractivity contribution in [2.75, 3.05) is 0 Å². The van der Waals surface area contributed by atoms with Crippen LogP contribution in [-0.2, 0) is 0 Å². The van der Waals surface area contributed by atoms with Gasteiger partial charge < -0.3 is 8.98 Å². The number of benzene rings is 12. The zero-order valence-electron chi connectivity index (χ0n) is 35.9. The Bertz CT molecular complexity index is 4160. The molecule has 2 aromatic heterocycles. The van der Waals surface area contributed by atoms with E-state index in [1.165, 1.54) is 98.3 Å². The first-order chi connectivity index (χ1) is 32.8. The molecule has 306 valence electrons. The van der Waals surface area contributed by atoms with Crippen molar-refractivity contribution in [3.63, 3.8) is 0 Å². The van der Waals surface area contributed by atoms with E-state index >= 15 is 0 Å². The lowest BCUT2D eigenvalue weighted by Gasteiger charge is -2.18. The monoisotopic (exact) mass is 837 g/mol. The van der Waals surface area contributed by atoms with Crippen LogP contribution >= 0.6 is 0 Å². The van der Waals surface area contributed by atoms with Crippen LogP contribution in [0.25, 0.3) is 137 Å². The zero-order chi connectivity index (χ0) is 43.3. The molecule has 0 unspecified atom stereocenters. The molecule has 2 heterocycles. The van der Waals surface area contributed by atoms with Crippen LogP contribution in [-0.4, -0.2) is 4.57 Å². The Morgan fingerprint density at radius 2 is 0.697 bits per heavy atom. The third-order valence-electron chi connectivity index (χ3n) is 14.0. The van der Waals surface area contributed by atoms with E-state index in [0.717, 1.165) is 38.8 Å². The molecule has 2 nitrogen and oxygen atoms in total. The summed E-state index contributed by atoms with van der Waals surface area (Å²) in [6.07, 6.45) is 0. The van der Waals surface area contributed by atoms with Gasteiger partial charge in [0.05, 0.1) is 11.0 Å². The van der Waals surface area contributed by atoms with Crippen LogP contribution < -0.4 is 0 Å². The lowest BCUT2D eigenvalue weighted by Crippen LogP contribution is -1.94. The van der Waals surface area contributed by atoms with Crippen LogP contribution in [0.15, 0.2) is 241 Å². The highest BCUT2D eigenvalue weighted by Crippen LogP contribution is 2.49. The molecule has 0 saturated heterocycles. The number of rotatable bonds is 5. The van der Waals surface area contributed by atoms with Crippen LogP contribution in [0.2, 0.25) is 0 Å². The van der Waals surface area contributed by atoms with E-state index in [0.29, 0.717) is 0 Å². The predicted molar refractivity (Wildman–Crippen MR) is 280 cm³/mol. The summed E-state index contributed by atoms with van der Waals surface area (Å²) < 4.78 is 9.40. The molecule has 0 aliphatic heterocycles. The highest BCUT2D eigenvalue weighted by molar-refractivity contribution is 6.26. The minimum absolute atomic E-state index is 0.878. The molecular formula is C64H39NO. The van der Waals surface area contributed by atoms with Crippen LogP contribution in [0.4, 0.5) is 0 Å². The van der Waals surface area contributed by atoms with Crippen molar-refractivity contribution < 1.29 is 4.42 Å². The summed E-state index contributed by atoms with van der Waals surface area (Å²) >= 11 is 0. The van der Waals surface area contributed by atoms with Gasteiger partial charge in [0.1, 0.15) is 11.2 Å². The fourth-order valence-electron chi connectivity index (χ4n) is 11.2. The van der Waals surface area contributed by atoms with Crippen molar-refractivity contribution in [2.45, 2.75) is 0 Å². The van der Waals surface area contributed by atoms with Crippen molar-refractivity contribution in [1.82, 2.24) is 4.57 Å². The van der Waals surface area contributed by atoms with Crippen molar-refractivity contribution in [3.8, 4) is 50.2 Å². The van der Waals surface area contributed by atoms with E-state index in [1.54, 1.807) is 0 Å². The van der Waals surface area contributed by atoms with E-state index in [4.69, 9.17) is 4.42 Å². The molecule has 14 aromatic rings. The molecule has 0 spiro atoms. The molecule has 0 aliphatic rings. The summed E-state index contributed by atoms with van der Waals surface area (Å²) in [7, 11) is 0. The largest absolute Gasteiger partial charge is 0.455 e. The third kappa shape index (κ3) is 5.36. The molecule has 0 bridgehead atoms. The minimum Gasteiger partial charge on any atom is -0.455 e. The fraction of sp³-hybridized carbons (Fsp3) is 0. The van der Waals surface area contributed by atoms with Crippen LogP contribution in [0, 0.1) is 0 Å². The number of para-hydroxylation sites is 3. The summed E-state index contributed by atoms with van der Waals surface area (Å²) in [5, 5.41) is 14.5.